The molecule has 9 atom stereocenters. The maximum atomic E-state index is 12.7. The molecule has 2 N–H and O–H groups in total. The predicted octanol–water partition coefficient (Wildman–Crippen LogP) is 2.50. The van der Waals surface area contributed by atoms with E-state index in [0.29, 0.717) is 30.6 Å². The normalized spacial score (nSPS) is 59.2. The molecule has 3 saturated carbocycles. The summed E-state index contributed by atoms with van der Waals surface area (Å²) in [6.45, 7) is 4.96. The summed E-state index contributed by atoms with van der Waals surface area (Å²) >= 11 is 3.57. The van der Waals surface area contributed by atoms with E-state index < -0.39 is 6.29 Å². The number of carbonyl (C=O) groups excluding carboxylic acids is 1. The number of hydrogen-bond donors (Lipinski definition) is 2. The number of aliphatic hydroxyl groups excluding tert-OH is 2. The smallest absolute Gasteiger partial charge is 0.154 e. The van der Waals surface area contributed by atoms with E-state index >= 15 is 0 Å². The fraction of sp³-hybridized carbons (Fsp3) is 0.944. The molecule has 5 heteroatoms. The van der Waals surface area contributed by atoms with E-state index in [9.17, 15) is 15.0 Å². The number of Topliss-reactive ketones (excluding diaryl/α,β-unsaturated/α-hetero) is 1. The molecule has 0 aromatic rings. The van der Waals surface area contributed by atoms with E-state index in [2.05, 4.69) is 29.8 Å². The molecular weight excluding hydrogens is 360 g/mol. The Kier molecular flexibility index (Phi) is 3.77. The molecule has 0 spiro atoms. The fourth-order valence-corrected chi connectivity index (χ4v) is 7.38. The second-order valence-corrected chi connectivity index (χ2v) is 9.93. The molecule has 0 aromatic heterocycles. The maximum absolute atomic E-state index is 12.7. The van der Waals surface area contributed by atoms with Gasteiger partial charge >= 0.3 is 0 Å². The number of carbonyl (C=O) groups is 1. The Morgan fingerprint density at radius 1 is 1.17 bits per heavy atom. The van der Waals surface area contributed by atoms with Gasteiger partial charge in [0.25, 0.3) is 0 Å². The van der Waals surface area contributed by atoms with Crippen LogP contribution < -0.4 is 0 Å². The standard InChI is InChI=1S/C18H27BrO4/c1-17-4-3-10-15(11(17)7-12(19)16(17)22)13(20)5-9-6-14(21)23-8-18(9,10)2/h9-15,20-21H,3-8H2,1-2H3/t9-,10-,11-,12+,13-,14-,15?,17-,18-/m0/s1. The van der Waals surface area contributed by atoms with Gasteiger partial charge in [-0.2, -0.15) is 0 Å². The van der Waals surface area contributed by atoms with Gasteiger partial charge in [-0.1, -0.05) is 29.8 Å². The Balaban J connectivity index is 1.69. The van der Waals surface area contributed by atoms with Crippen LogP contribution in [0.15, 0.2) is 0 Å². The minimum Gasteiger partial charge on any atom is -0.393 e. The number of hydrogen-bond acceptors (Lipinski definition) is 4. The van der Waals surface area contributed by atoms with Gasteiger partial charge < -0.3 is 14.9 Å². The van der Waals surface area contributed by atoms with Gasteiger partial charge in [0.15, 0.2) is 12.1 Å². The first-order chi connectivity index (χ1) is 10.8. The molecular formula is C18H27BrO4. The Labute approximate surface area is 146 Å². The van der Waals surface area contributed by atoms with Crippen LogP contribution in [0.5, 0.6) is 0 Å². The first-order valence-electron chi connectivity index (χ1n) is 8.93. The van der Waals surface area contributed by atoms with Crippen molar-refractivity contribution in [1.29, 1.82) is 0 Å². The molecule has 1 saturated heterocycles. The molecule has 4 rings (SSSR count). The van der Waals surface area contributed by atoms with E-state index in [1.54, 1.807) is 0 Å². The Morgan fingerprint density at radius 2 is 1.91 bits per heavy atom. The quantitative estimate of drug-likeness (QED) is 0.627. The predicted molar refractivity (Wildman–Crippen MR) is 88.9 cm³/mol. The van der Waals surface area contributed by atoms with Gasteiger partial charge in [0.05, 0.1) is 17.5 Å². The topological polar surface area (TPSA) is 66.8 Å². The minimum atomic E-state index is -0.689. The fourth-order valence-electron chi connectivity index (χ4n) is 6.45. The highest BCUT2D eigenvalue weighted by molar-refractivity contribution is 9.10. The molecule has 0 bridgehead atoms. The van der Waals surface area contributed by atoms with Crippen LogP contribution in [-0.4, -0.2) is 39.8 Å². The highest BCUT2D eigenvalue weighted by Gasteiger charge is 2.64. The minimum absolute atomic E-state index is 0.0118. The van der Waals surface area contributed by atoms with Crippen LogP contribution in [0.4, 0.5) is 0 Å². The zero-order valence-electron chi connectivity index (χ0n) is 13.9. The lowest BCUT2D eigenvalue weighted by Gasteiger charge is -2.60. The number of halogens is 1. The molecule has 23 heavy (non-hydrogen) atoms. The van der Waals surface area contributed by atoms with Gasteiger partial charge in [-0.3, -0.25) is 4.79 Å². The number of ether oxygens (including phenoxy) is 1. The van der Waals surface area contributed by atoms with Gasteiger partial charge in [0.1, 0.15) is 0 Å². The SMILES string of the molecule is C[C@]12CO[C@H](O)C[C@@H]1C[C@H](O)C1[C@@H]2CC[C@]2(C)C(=O)[C@H](Br)C[C@@H]12. The van der Waals surface area contributed by atoms with Crippen LogP contribution in [-0.2, 0) is 9.53 Å². The summed E-state index contributed by atoms with van der Waals surface area (Å²) in [6, 6.07) is 0. The van der Waals surface area contributed by atoms with Gasteiger partial charge in [-0.25, -0.2) is 0 Å². The molecule has 4 fully saturated rings. The van der Waals surface area contributed by atoms with Gasteiger partial charge in [-0.05, 0) is 54.8 Å². The van der Waals surface area contributed by atoms with E-state index in [1.807, 2.05) is 0 Å². The van der Waals surface area contributed by atoms with Gasteiger partial charge in [0.2, 0.25) is 0 Å². The van der Waals surface area contributed by atoms with Crippen molar-refractivity contribution in [3.63, 3.8) is 0 Å². The second kappa shape index (κ2) is 5.26. The molecule has 1 unspecified atom stereocenters. The third kappa shape index (κ3) is 2.16. The van der Waals surface area contributed by atoms with Crippen molar-refractivity contribution in [3.8, 4) is 0 Å². The number of rotatable bonds is 0. The van der Waals surface area contributed by atoms with Crippen molar-refractivity contribution >= 4 is 21.7 Å². The van der Waals surface area contributed by atoms with Crippen molar-refractivity contribution in [3.05, 3.63) is 0 Å². The summed E-state index contributed by atoms with van der Waals surface area (Å²) in [6.07, 6.45) is 3.04. The van der Waals surface area contributed by atoms with Gasteiger partial charge in [-0.15, -0.1) is 0 Å². The Bertz CT molecular complexity index is 525. The molecule has 0 radical (unpaired) electrons. The molecule has 0 amide bonds. The Hall–Kier alpha value is 0.0300. The molecule has 3 aliphatic carbocycles. The van der Waals surface area contributed by atoms with Crippen LogP contribution in [0.1, 0.15) is 46.0 Å². The number of aliphatic hydroxyl groups is 2. The lowest BCUT2D eigenvalue weighted by atomic mass is 9.46. The monoisotopic (exact) mass is 386 g/mol. The average molecular weight is 387 g/mol. The van der Waals surface area contributed by atoms with Crippen LogP contribution in [0.25, 0.3) is 0 Å². The first-order valence-corrected chi connectivity index (χ1v) is 9.85. The van der Waals surface area contributed by atoms with Gasteiger partial charge in [0, 0.05) is 11.8 Å². The third-order valence-corrected chi connectivity index (χ3v) is 8.64. The van der Waals surface area contributed by atoms with Crippen molar-refractivity contribution in [2.75, 3.05) is 6.61 Å². The summed E-state index contributed by atoms with van der Waals surface area (Å²) in [5.41, 5.74) is -0.271. The summed E-state index contributed by atoms with van der Waals surface area (Å²) < 4.78 is 5.61. The zero-order chi connectivity index (χ0) is 16.6. The lowest BCUT2D eigenvalue weighted by molar-refractivity contribution is -0.242. The largest absolute Gasteiger partial charge is 0.393 e. The highest BCUT2D eigenvalue weighted by Crippen LogP contribution is 2.64. The summed E-state index contributed by atoms with van der Waals surface area (Å²) in [5.74, 6) is 1.46. The lowest BCUT2D eigenvalue weighted by Crippen LogP contribution is -2.60. The zero-order valence-corrected chi connectivity index (χ0v) is 15.5. The van der Waals surface area contributed by atoms with E-state index in [1.165, 1.54) is 0 Å². The third-order valence-electron chi connectivity index (χ3n) is 7.85. The molecule has 4 aliphatic rings. The number of ketones is 1. The molecule has 4 nitrogen and oxygen atoms in total. The molecule has 1 aliphatic heterocycles. The van der Waals surface area contributed by atoms with Crippen molar-refractivity contribution in [1.82, 2.24) is 0 Å². The van der Waals surface area contributed by atoms with Crippen molar-refractivity contribution < 1.29 is 19.7 Å². The van der Waals surface area contributed by atoms with Crippen molar-refractivity contribution in [2.24, 2.45) is 34.5 Å². The maximum Gasteiger partial charge on any atom is 0.154 e. The molecule has 130 valence electrons. The Morgan fingerprint density at radius 3 is 2.65 bits per heavy atom. The average Bonchev–Trinajstić information content (AvgIpc) is 2.73. The molecule has 0 aromatic carbocycles. The summed E-state index contributed by atoms with van der Waals surface area (Å²) in [4.78, 5) is 12.6. The molecule has 1 heterocycles. The van der Waals surface area contributed by atoms with E-state index in [4.69, 9.17) is 4.74 Å². The number of alkyl halides is 1. The van der Waals surface area contributed by atoms with E-state index in [-0.39, 0.29) is 33.6 Å². The summed E-state index contributed by atoms with van der Waals surface area (Å²) in [5, 5.41) is 20.8. The second-order valence-electron chi connectivity index (χ2n) is 8.82. The van der Waals surface area contributed by atoms with Crippen molar-refractivity contribution in [2.45, 2.75) is 63.2 Å². The van der Waals surface area contributed by atoms with Crippen LogP contribution in [0.2, 0.25) is 0 Å². The van der Waals surface area contributed by atoms with Crippen LogP contribution >= 0.6 is 15.9 Å². The van der Waals surface area contributed by atoms with Crippen LogP contribution in [0.3, 0.4) is 0 Å². The number of fused-ring (bicyclic) bond motifs is 5. The van der Waals surface area contributed by atoms with E-state index in [0.717, 1.165) is 25.7 Å². The highest BCUT2D eigenvalue weighted by atomic mass is 79.9. The summed E-state index contributed by atoms with van der Waals surface area (Å²) in [7, 11) is 0. The first kappa shape index (κ1) is 16.5. The van der Waals surface area contributed by atoms with Crippen LogP contribution in [0, 0.1) is 34.5 Å².